The van der Waals surface area contributed by atoms with Crippen LogP contribution < -0.4 is 5.32 Å². The third-order valence-corrected chi connectivity index (χ3v) is 3.76. The molecule has 3 rings (SSSR count). The molecule has 6 nitrogen and oxygen atoms in total. The molecule has 2 heterocycles. The second kappa shape index (κ2) is 7.09. The predicted molar refractivity (Wildman–Crippen MR) is 87.1 cm³/mol. The molecular weight excluding hydrogens is 325 g/mol. The second-order valence-electron chi connectivity index (χ2n) is 4.89. The number of carbonyl (C=O) groups excluding carboxylic acids is 1. The number of benzene rings is 1. The molecule has 1 N–H and O–H groups in total. The highest BCUT2D eigenvalue weighted by molar-refractivity contribution is 6.32. The van der Waals surface area contributed by atoms with Gasteiger partial charge in [-0.3, -0.25) is 4.79 Å². The molecule has 0 atom stereocenters. The molecular formula is C14H17Cl2N5O. The van der Waals surface area contributed by atoms with Crippen LogP contribution in [-0.2, 0) is 0 Å². The fraction of sp³-hybridized carbons (Fsp3) is 0.357. The van der Waals surface area contributed by atoms with Gasteiger partial charge in [0, 0.05) is 26.2 Å². The number of nitrogens with one attached hydrogen (secondary N) is 1. The zero-order chi connectivity index (χ0) is 14.8. The lowest BCUT2D eigenvalue weighted by Crippen LogP contribution is -2.46. The molecule has 0 saturated carbocycles. The van der Waals surface area contributed by atoms with E-state index in [1.54, 1.807) is 15.6 Å². The summed E-state index contributed by atoms with van der Waals surface area (Å²) in [5.74, 6) is 0.723. The maximum atomic E-state index is 12.4. The number of para-hydroxylation sites is 1. The van der Waals surface area contributed by atoms with Crippen LogP contribution in [-0.4, -0.2) is 51.8 Å². The summed E-state index contributed by atoms with van der Waals surface area (Å²) >= 11 is 6.18. The van der Waals surface area contributed by atoms with Crippen LogP contribution in [0.3, 0.4) is 0 Å². The van der Waals surface area contributed by atoms with Crippen molar-refractivity contribution in [2.45, 2.75) is 6.92 Å². The van der Waals surface area contributed by atoms with Crippen LogP contribution in [0.1, 0.15) is 16.4 Å². The highest BCUT2D eigenvalue weighted by atomic mass is 35.5. The number of amides is 1. The zero-order valence-corrected chi connectivity index (χ0v) is 13.7. The highest BCUT2D eigenvalue weighted by Gasteiger charge is 2.23. The Balaban J connectivity index is 0.00000176. The third kappa shape index (κ3) is 3.24. The van der Waals surface area contributed by atoms with Gasteiger partial charge in [-0.2, -0.15) is 0 Å². The first kappa shape index (κ1) is 16.7. The van der Waals surface area contributed by atoms with Crippen LogP contribution >= 0.6 is 24.0 Å². The molecule has 0 bridgehead atoms. The topological polar surface area (TPSA) is 63.1 Å². The molecule has 1 aliphatic heterocycles. The van der Waals surface area contributed by atoms with Crippen molar-refractivity contribution >= 4 is 29.9 Å². The van der Waals surface area contributed by atoms with E-state index in [1.807, 2.05) is 25.1 Å². The van der Waals surface area contributed by atoms with Crippen molar-refractivity contribution in [1.82, 2.24) is 25.0 Å². The molecule has 8 heteroatoms. The average Bonchev–Trinajstić information content (AvgIpc) is 2.90. The number of aromatic nitrogens is 3. The van der Waals surface area contributed by atoms with Crippen molar-refractivity contribution in [3.63, 3.8) is 0 Å². The Morgan fingerprint density at radius 2 is 1.95 bits per heavy atom. The summed E-state index contributed by atoms with van der Waals surface area (Å²) in [5.41, 5.74) is 0.725. The van der Waals surface area contributed by atoms with Crippen molar-refractivity contribution in [3.05, 3.63) is 40.9 Å². The fourth-order valence-electron chi connectivity index (χ4n) is 2.34. The van der Waals surface area contributed by atoms with Gasteiger partial charge in [0.2, 0.25) is 5.82 Å². The van der Waals surface area contributed by atoms with Gasteiger partial charge in [-0.25, -0.2) is 9.67 Å². The Morgan fingerprint density at radius 3 is 2.64 bits per heavy atom. The number of hydrogen-bond donors (Lipinski definition) is 1. The zero-order valence-electron chi connectivity index (χ0n) is 12.1. The van der Waals surface area contributed by atoms with Crippen LogP contribution in [0.5, 0.6) is 0 Å². The molecule has 1 amide bonds. The summed E-state index contributed by atoms with van der Waals surface area (Å²) in [6, 6.07) is 7.36. The number of piperazine rings is 1. The molecule has 1 saturated heterocycles. The Hall–Kier alpha value is -1.63. The van der Waals surface area contributed by atoms with Gasteiger partial charge in [-0.05, 0) is 19.1 Å². The summed E-state index contributed by atoms with van der Waals surface area (Å²) in [7, 11) is 0. The smallest absolute Gasteiger partial charge is 0.293 e. The Kier molecular flexibility index (Phi) is 5.39. The van der Waals surface area contributed by atoms with Crippen LogP contribution in [0.4, 0.5) is 0 Å². The molecule has 1 aromatic heterocycles. The summed E-state index contributed by atoms with van der Waals surface area (Å²) in [6.07, 6.45) is 0. The molecule has 0 unspecified atom stereocenters. The maximum absolute atomic E-state index is 12.4. The predicted octanol–water partition coefficient (Wildman–Crippen LogP) is 1.70. The lowest BCUT2D eigenvalue weighted by atomic mass is 10.3. The molecule has 0 radical (unpaired) electrons. The van der Waals surface area contributed by atoms with Crippen LogP contribution in [0, 0.1) is 6.92 Å². The van der Waals surface area contributed by atoms with E-state index in [2.05, 4.69) is 15.4 Å². The maximum Gasteiger partial charge on any atom is 0.293 e. The minimum Gasteiger partial charge on any atom is -0.333 e. The number of halogens is 2. The Bertz CT molecular complexity index is 667. The number of nitrogens with zero attached hydrogens (tertiary/aromatic N) is 4. The van der Waals surface area contributed by atoms with Gasteiger partial charge in [-0.1, -0.05) is 23.7 Å². The number of aryl methyl sites for hydroxylation is 1. The summed E-state index contributed by atoms with van der Waals surface area (Å²) in [4.78, 5) is 18.5. The molecule has 1 aromatic carbocycles. The summed E-state index contributed by atoms with van der Waals surface area (Å²) in [5, 5.41) is 8.11. The van der Waals surface area contributed by atoms with Crippen molar-refractivity contribution in [2.75, 3.05) is 26.2 Å². The van der Waals surface area contributed by atoms with E-state index in [0.717, 1.165) is 18.8 Å². The molecule has 118 valence electrons. The van der Waals surface area contributed by atoms with E-state index in [9.17, 15) is 4.79 Å². The molecule has 0 spiro atoms. The second-order valence-corrected chi connectivity index (χ2v) is 5.30. The molecule has 2 aromatic rings. The van der Waals surface area contributed by atoms with Gasteiger partial charge in [0.1, 0.15) is 5.82 Å². The van der Waals surface area contributed by atoms with E-state index in [0.29, 0.717) is 23.9 Å². The minimum absolute atomic E-state index is 0. The third-order valence-electron chi connectivity index (χ3n) is 3.45. The van der Waals surface area contributed by atoms with Gasteiger partial charge in [0.05, 0.1) is 10.7 Å². The average molecular weight is 342 g/mol. The largest absolute Gasteiger partial charge is 0.333 e. The van der Waals surface area contributed by atoms with Gasteiger partial charge < -0.3 is 10.2 Å². The Morgan fingerprint density at radius 1 is 1.27 bits per heavy atom. The van der Waals surface area contributed by atoms with Gasteiger partial charge >= 0.3 is 0 Å². The quantitative estimate of drug-likeness (QED) is 0.902. The first-order valence-electron chi connectivity index (χ1n) is 6.85. The Labute approximate surface area is 139 Å². The lowest BCUT2D eigenvalue weighted by molar-refractivity contribution is 0.0723. The van der Waals surface area contributed by atoms with E-state index in [-0.39, 0.29) is 24.1 Å². The van der Waals surface area contributed by atoms with E-state index >= 15 is 0 Å². The number of carbonyl (C=O) groups is 1. The molecule has 22 heavy (non-hydrogen) atoms. The van der Waals surface area contributed by atoms with Gasteiger partial charge in [-0.15, -0.1) is 17.5 Å². The molecule has 0 aliphatic carbocycles. The standard InChI is InChI=1S/C14H16ClN5O.ClH/c1-10-17-13(14(21)19-8-6-16-7-9-19)18-20(10)12-5-3-2-4-11(12)15;/h2-5,16H,6-9H2,1H3;1H. The number of rotatable bonds is 2. The van der Waals surface area contributed by atoms with Gasteiger partial charge in [0.15, 0.2) is 0 Å². The van der Waals surface area contributed by atoms with Crippen LogP contribution in [0.2, 0.25) is 5.02 Å². The summed E-state index contributed by atoms with van der Waals surface area (Å²) < 4.78 is 1.61. The van der Waals surface area contributed by atoms with E-state index < -0.39 is 0 Å². The first-order valence-corrected chi connectivity index (χ1v) is 7.23. The monoisotopic (exact) mass is 341 g/mol. The normalized spacial score (nSPS) is 14.5. The minimum atomic E-state index is -0.134. The van der Waals surface area contributed by atoms with E-state index in [1.165, 1.54) is 0 Å². The number of hydrogen-bond acceptors (Lipinski definition) is 4. The first-order chi connectivity index (χ1) is 10.2. The molecule has 1 fully saturated rings. The van der Waals surface area contributed by atoms with Crippen molar-refractivity contribution in [1.29, 1.82) is 0 Å². The van der Waals surface area contributed by atoms with E-state index in [4.69, 9.17) is 11.6 Å². The van der Waals surface area contributed by atoms with Crippen LogP contribution in [0.15, 0.2) is 24.3 Å². The van der Waals surface area contributed by atoms with Gasteiger partial charge in [0.25, 0.3) is 5.91 Å². The summed E-state index contributed by atoms with van der Waals surface area (Å²) in [6.45, 7) is 4.77. The fourth-order valence-corrected chi connectivity index (χ4v) is 2.56. The van der Waals surface area contributed by atoms with Crippen LogP contribution in [0.25, 0.3) is 5.69 Å². The van der Waals surface area contributed by atoms with Crippen molar-refractivity contribution in [3.8, 4) is 5.69 Å². The van der Waals surface area contributed by atoms with Crippen molar-refractivity contribution < 1.29 is 4.79 Å². The lowest BCUT2D eigenvalue weighted by Gasteiger charge is -2.26. The SMILES string of the molecule is Cc1nc(C(=O)N2CCNCC2)nn1-c1ccccc1Cl.Cl. The highest BCUT2D eigenvalue weighted by Crippen LogP contribution is 2.20. The van der Waals surface area contributed by atoms with Crippen molar-refractivity contribution in [2.24, 2.45) is 0 Å². The molecule has 1 aliphatic rings.